The second-order valence-corrected chi connectivity index (χ2v) is 7.10. The number of methoxy groups -OCH3 is 1. The number of nitrogens with zero attached hydrogens (tertiary/aromatic N) is 3. The van der Waals surface area contributed by atoms with Crippen molar-refractivity contribution in [3.63, 3.8) is 0 Å². The van der Waals surface area contributed by atoms with Gasteiger partial charge in [-0.1, -0.05) is 0 Å². The van der Waals surface area contributed by atoms with Crippen LogP contribution in [0.2, 0.25) is 0 Å². The number of aliphatic hydroxyl groups is 2. The minimum Gasteiger partial charge on any atom is -0.492 e. The molecule has 0 amide bonds. The topological polar surface area (TPSA) is 123 Å². The van der Waals surface area contributed by atoms with Crippen molar-refractivity contribution in [1.82, 2.24) is 9.24 Å². The van der Waals surface area contributed by atoms with Crippen LogP contribution in [-0.2, 0) is 0 Å². The SMILES string of the molecule is COc1c(N2CCC(C(O)O)C2)c(F)cc2c(=O)n(N)c(=O)n(C3CC3)c12. The number of fused-ring (bicyclic) bond motifs is 1. The second-order valence-electron chi connectivity index (χ2n) is 7.10. The van der Waals surface area contributed by atoms with Crippen LogP contribution in [0, 0.1) is 11.7 Å². The van der Waals surface area contributed by atoms with Crippen molar-refractivity contribution in [2.45, 2.75) is 31.6 Å². The Morgan fingerprint density at radius 2 is 2.00 bits per heavy atom. The fraction of sp³-hybridized carbons (Fsp3) is 0.529. The third kappa shape index (κ3) is 2.67. The summed E-state index contributed by atoms with van der Waals surface area (Å²) in [6, 6.07) is 0.952. The number of aliphatic hydroxyl groups excluding tert-OH is 1. The summed E-state index contributed by atoms with van der Waals surface area (Å²) in [5.41, 5.74) is -1.13. The molecule has 1 aromatic heterocycles. The van der Waals surface area contributed by atoms with E-state index >= 15 is 0 Å². The van der Waals surface area contributed by atoms with Crippen molar-refractivity contribution in [3.05, 3.63) is 32.7 Å². The van der Waals surface area contributed by atoms with Crippen molar-refractivity contribution in [2.24, 2.45) is 5.92 Å². The van der Waals surface area contributed by atoms with E-state index in [-0.39, 0.29) is 34.9 Å². The van der Waals surface area contributed by atoms with E-state index in [9.17, 15) is 24.2 Å². The van der Waals surface area contributed by atoms with Gasteiger partial charge in [-0.25, -0.2) is 9.18 Å². The summed E-state index contributed by atoms with van der Waals surface area (Å²) in [5.74, 6) is 4.58. The quantitative estimate of drug-likeness (QED) is 0.482. The number of hydrogen-bond donors (Lipinski definition) is 3. The van der Waals surface area contributed by atoms with E-state index in [2.05, 4.69) is 0 Å². The molecule has 0 spiro atoms. The molecule has 1 saturated carbocycles. The zero-order valence-electron chi connectivity index (χ0n) is 14.8. The molecule has 1 aliphatic heterocycles. The second kappa shape index (κ2) is 6.24. The molecule has 2 aromatic rings. The van der Waals surface area contributed by atoms with Crippen LogP contribution >= 0.6 is 0 Å². The summed E-state index contributed by atoms with van der Waals surface area (Å²) < 4.78 is 22.3. The number of aromatic nitrogens is 2. The average Bonchev–Trinajstić information content (AvgIpc) is 3.35. The van der Waals surface area contributed by atoms with Gasteiger partial charge in [0.1, 0.15) is 11.2 Å². The Hall–Kier alpha value is -2.59. The first-order chi connectivity index (χ1) is 12.8. The van der Waals surface area contributed by atoms with Gasteiger partial charge in [-0.15, -0.1) is 0 Å². The first-order valence-corrected chi connectivity index (χ1v) is 8.79. The molecule has 1 unspecified atom stereocenters. The van der Waals surface area contributed by atoms with E-state index in [0.717, 1.165) is 18.9 Å². The number of hydrogen-bond acceptors (Lipinski definition) is 7. The summed E-state index contributed by atoms with van der Waals surface area (Å²) in [4.78, 5) is 26.7. The summed E-state index contributed by atoms with van der Waals surface area (Å²) in [5, 5.41) is 18.8. The summed E-state index contributed by atoms with van der Waals surface area (Å²) in [6.45, 7) is 0.612. The molecule has 4 rings (SSSR count). The van der Waals surface area contributed by atoms with E-state index in [1.165, 1.54) is 11.7 Å². The van der Waals surface area contributed by atoms with Gasteiger partial charge in [-0.3, -0.25) is 9.36 Å². The zero-order valence-corrected chi connectivity index (χ0v) is 14.8. The number of ether oxygens (including phenoxy) is 1. The van der Waals surface area contributed by atoms with Gasteiger partial charge in [-0.05, 0) is 25.3 Å². The summed E-state index contributed by atoms with van der Waals surface area (Å²) in [6.07, 6.45) is 0.480. The lowest BCUT2D eigenvalue weighted by atomic mass is 10.1. The minimum atomic E-state index is -1.50. The van der Waals surface area contributed by atoms with Gasteiger partial charge in [0.2, 0.25) is 0 Å². The zero-order chi connectivity index (χ0) is 19.5. The van der Waals surface area contributed by atoms with E-state index in [1.807, 2.05) is 0 Å². The normalized spacial score (nSPS) is 20.0. The maximum Gasteiger partial charge on any atom is 0.350 e. The van der Waals surface area contributed by atoms with E-state index in [1.54, 1.807) is 4.90 Å². The summed E-state index contributed by atoms with van der Waals surface area (Å²) in [7, 11) is 1.35. The lowest BCUT2D eigenvalue weighted by Crippen LogP contribution is -2.44. The number of anilines is 1. The fourth-order valence-electron chi connectivity index (χ4n) is 3.83. The van der Waals surface area contributed by atoms with Crippen molar-refractivity contribution < 1.29 is 19.3 Å². The van der Waals surface area contributed by atoms with Crippen LogP contribution in [-0.4, -0.2) is 45.9 Å². The molecular formula is C17H21FN4O5. The monoisotopic (exact) mass is 380 g/mol. The molecule has 2 heterocycles. The van der Waals surface area contributed by atoms with E-state index in [4.69, 9.17) is 10.6 Å². The molecular weight excluding hydrogens is 359 g/mol. The highest BCUT2D eigenvalue weighted by Crippen LogP contribution is 2.43. The molecule has 2 fully saturated rings. The number of halogens is 1. The standard InChI is InChI=1S/C17H21FN4O5/c1-27-14-12-10(15(23)22(19)17(26)21(12)9-2-3-9)6-11(18)13(14)20-5-4-8(7-20)16(24)25/h6,8-9,16,24-25H,2-5,7,19H2,1H3. The predicted molar refractivity (Wildman–Crippen MR) is 95.9 cm³/mol. The van der Waals surface area contributed by atoms with Crippen LogP contribution in [0.5, 0.6) is 5.75 Å². The molecule has 10 heteroatoms. The van der Waals surface area contributed by atoms with Gasteiger partial charge in [0.05, 0.1) is 12.5 Å². The average molecular weight is 380 g/mol. The molecule has 1 atom stereocenters. The Labute approximate surface area is 153 Å². The Balaban J connectivity index is 2.01. The Bertz CT molecular complexity index is 1030. The molecule has 1 aliphatic carbocycles. The van der Waals surface area contributed by atoms with Crippen LogP contribution in [0.25, 0.3) is 10.9 Å². The van der Waals surface area contributed by atoms with Gasteiger partial charge in [0.15, 0.2) is 17.9 Å². The number of benzene rings is 1. The minimum absolute atomic E-state index is 0.0277. The Kier molecular flexibility index (Phi) is 4.11. The van der Waals surface area contributed by atoms with Crippen molar-refractivity contribution in [1.29, 1.82) is 0 Å². The Morgan fingerprint density at radius 1 is 1.30 bits per heavy atom. The van der Waals surface area contributed by atoms with Crippen LogP contribution in [0.4, 0.5) is 10.1 Å². The third-order valence-corrected chi connectivity index (χ3v) is 5.36. The maximum absolute atomic E-state index is 15.0. The highest BCUT2D eigenvalue weighted by atomic mass is 19.1. The van der Waals surface area contributed by atoms with Gasteiger partial charge in [0, 0.05) is 25.0 Å². The lowest BCUT2D eigenvalue weighted by molar-refractivity contribution is -0.0772. The summed E-state index contributed by atoms with van der Waals surface area (Å²) >= 11 is 0. The smallest absolute Gasteiger partial charge is 0.350 e. The molecule has 0 bridgehead atoms. The van der Waals surface area contributed by atoms with Crippen molar-refractivity contribution in [2.75, 3.05) is 30.9 Å². The number of nitrogens with two attached hydrogens (primary N) is 1. The van der Waals surface area contributed by atoms with Gasteiger partial charge < -0.3 is 25.7 Å². The van der Waals surface area contributed by atoms with Gasteiger partial charge in [-0.2, -0.15) is 4.68 Å². The highest BCUT2D eigenvalue weighted by Gasteiger charge is 2.35. The van der Waals surface area contributed by atoms with E-state index in [0.29, 0.717) is 17.6 Å². The first kappa shape index (κ1) is 17.8. The third-order valence-electron chi connectivity index (χ3n) is 5.36. The Morgan fingerprint density at radius 3 is 2.56 bits per heavy atom. The number of rotatable bonds is 4. The van der Waals surface area contributed by atoms with Crippen molar-refractivity contribution in [3.8, 4) is 5.75 Å². The first-order valence-electron chi connectivity index (χ1n) is 8.79. The van der Waals surface area contributed by atoms with E-state index < -0.39 is 29.3 Å². The van der Waals surface area contributed by atoms with Gasteiger partial charge >= 0.3 is 5.69 Å². The highest BCUT2D eigenvalue weighted by molar-refractivity contribution is 5.91. The fourth-order valence-corrected chi connectivity index (χ4v) is 3.83. The molecule has 2 aliphatic rings. The molecule has 27 heavy (non-hydrogen) atoms. The number of nitrogen functional groups attached to an aromatic ring is 1. The van der Waals surface area contributed by atoms with Gasteiger partial charge in [0.25, 0.3) is 5.56 Å². The van der Waals surface area contributed by atoms with Crippen LogP contribution in [0.15, 0.2) is 15.7 Å². The predicted octanol–water partition coefficient (Wildman–Crippen LogP) is -0.503. The molecule has 9 nitrogen and oxygen atoms in total. The molecule has 0 radical (unpaired) electrons. The van der Waals surface area contributed by atoms with Crippen LogP contribution in [0.1, 0.15) is 25.3 Å². The molecule has 4 N–H and O–H groups in total. The lowest BCUT2D eigenvalue weighted by Gasteiger charge is -2.24. The van der Waals surface area contributed by atoms with Crippen molar-refractivity contribution >= 4 is 16.6 Å². The maximum atomic E-state index is 15.0. The largest absolute Gasteiger partial charge is 0.492 e. The molecule has 146 valence electrons. The van der Waals surface area contributed by atoms with Crippen LogP contribution < -0.4 is 26.7 Å². The molecule has 1 saturated heterocycles. The van der Waals surface area contributed by atoms with Crippen LogP contribution in [0.3, 0.4) is 0 Å². The molecule has 1 aromatic carbocycles.